The predicted octanol–water partition coefficient (Wildman–Crippen LogP) is 15.0. The number of rotatable bonds is 6. The van der Waals surface area contributed by atoms with E-state index < -0.39 is 0 Å². The van der Waals surface area contributed by atoms with Gasteiger partial charge in [0.2, 0.25) is 5.95 Å². The van der Waals surface area contributed by atoms with E-state index >= 15 is 0 Å². The van der Waals surface area contributed by atoms with E-state index in [0.29, 0.717) is 17.6 Å². The molecular weight excluding hydrogens is 791 g/mol. The van der Waals surface area contributed by atoms with Gasteiger partial charge in [-0.2, -0.15) is 9.97 Å². The van der Waals surface area contributed by atoms with Gasteiger partial charge in [0, 0.05) is 43.8 Å². The molecule has 5 heteroatoms. The van der Waals surface area contributed by atoms with Crippen LogP contribution >= 0.6 is 0 Å². The van der Waals surface area contributed by atoms with Gasteiger partial charge in [0.05, 0.1) is 22.1 Å². The molecular formula is C60H41N5. The maximum Gasteiger partial charge on any atom is 0.238 e. The Morgan fingerprint density at radius 3 is 1.58 bits per heavy atom. The lowest BCUT2D eigenvalue weighted by atomic mass is 9.82. The van der Waals surface area contributed by atoms with Crippen LogP contribution < -0.4 is 0 Å². The summed E-state index contributed by atoms with van der Waals surface area (Å²) in [6.07, 6.45) is 0. The first-order chi connectivity index (χ1) is 32.0. The summed E-state index contributed by atoms with van der Waals surface area (Å²) in [7, 11) is 0. The summed E-state index contributed by atoms with van der Waals surface area (Å²) in [5.74, 6) is 1.82. The van der Waals surface area contributed by atoms with Crippen LogP contribution in [0.25, 0.3) is 111 Å². The van der Waals surface area contributed by atoms with Crippen LogP contribution in [-0.2, 0) is 5.41 Å². The maximum atomic E-state index is 5.48. The second-order valence-electron chi connectivity index (χ2n) is 17.6. The molecule has 306 valence electrons. The molecule has 65 heavy (non-hydrogen) atoms. The first-order valence-electron chi connectivity index (χ1n) is 22.3. The van der Waals surface area contributed by atoms with Crippen molar-refractivity contribution < 1.29 is 0 Å². The van der Waals surface area contributed by atoms with Gasteiger partial charge in [0.15, 0.2) is 11.6 Å². The Labute approximate surface area is 376 Å². The number of aromatic nitrogens is 5. The smallest absolute Gasteiger partial charge is 0.238 e. The van der Waals surface area contributed by atoms with Crippen LogP contribution in [0.15, 0.2) is 212 Å². The summed E-state index contributed by atoms with van der Waals surface area (Å²) >= 11 is 0. The Balaban J connectivity index is 1.08. The molecule has 0 aliphatic heterocycles. The van der Waals surface area contributed by atoms with Crippen LogP contribution in [-0.4, -0.2) is 24.1 Å². The van der Waals surface area contributed by atoms with Gasteiger partial charge in [-0.3, -0.25) is 4.57 Å². The van der Waals surface area contributed by atoms with Gasteiger partial charge in [0.1, 0.15) is 0 Å². The van der Waals surface area contributed by atoms with Crippen molar-refractivity contribution in [2.75, 3.05) is 0 Å². The van der Waals surface area contributed by atoms with Gasteiger partial charge < -0.3 is 4.57 Å². The van der Waals surface area contributed by atoms with E-state index in [-0.39, 0.29) is 5.41 Å². The number of hydrogen-bond acceptors (Lipinski definition) is 3. The lowest BCUT2D eigenvalue weighted by Gasteiger charge is -2.21. The highest BCUT2D eigenvalue weighted by Crippen LogP contribution is 2.49. The zero-order valence-corrected chi connectivity index (χ0v) is 35.9. The van der Waals surface area contributed by atoms with Crippen molar-refractivity contribution in [3.63, 3.8) is 0 Å². The highest BCUT2D eigenvalue weighted by molar-refractivity contribution is 6.23. The molecule has 1 aliphatic carbocycles. The molecule has 12 aromatic rings. The summed E-state index contributed by atoms with van der Waals surface area (Å²) in [4.78, 5) is 16.1. The van der Waals surface area contributed by atoms with Gasteiger partial charge in [-0.25, -0.2) is 4.98 Å². The van der Waals surface area contributed by atoms with Crippen molar-refractivity contribution in [3.05, 3.63) is 223 Å². The minimum atomic E-state index is -0.173. The van der Waals surface area contributed by atoms with Gasteiger partial charge in [-0.1, -0.05) is 190 Å². The predicted molar refractivity (Wildman–Crippen MR) is 268 cm³/mol. The Bertz CT molecular complexity index is 3860. The molecule has 3 aromatic heterocycles. The average Bonchev–Trinajstić information content (AvgIpc) is 3.97. The van der Waals surface area contributed by atoms with Crippen LogP contribution in [0.3, 0.4) is 0 Å². The van der Waals surface area contributed by atoms with Crippen LogP contribution in [0, 0.1) is 0 Å². The summed E-state index contributed by atoms with van der Waals surface area (Å²) in [5.41, 5.74) is 16.9. The van der Waals surface area contributed by atoms with Gasteiger partial charge in [-0.05, 0) is 80.9 Å². The fraction of sp³-hybridized carbons (Fsp3) is 0.0500. The molecule has 0 unspecified atom stereocenters. The van der Waals surface area contributed by atoms with Crippen LogP contribution in [0.2, 0.25) is 0 Å². The van der Waals surface area contributed by atoms with E-state index in [9.17, 15) is 0 Å². The number of nitrogens with zero attached hydrogens (tertiary/aromatic N) is 5. The van der Waals surface area contributed by atoms with E-state index in [4.69, 9.17) is 15.0 Å². The fourth-order valence-corrected chi connectivity index (χ4v) is 10.5. The van der Waals surface area contributed by atoms with E-state index in [2.05, 4.69) is 217 Å². The highest BCUT2D eigenvalue weighted by Gasteiger charge is 2.35. The molecule has 0 fully saturated rings. The van der Waals surface area contributed by atoms with Crippen LogP contribution in [0.4, 0.5) is 0 Å². The quantitative estimate of drug-likeness (QED) is 0.168. The van der Waals surface area contributed by atoms with E-state index in [1.807, 2.05) is 18.2 Å². The SMILES string of the molecule is CC1(C)c2ccccc2-c2ccc(-c3nc(-c4ccccc4)nc(-n4c5ccccc5c5ccc6c7ccccc7n(-c7cccc(-c8cccc(-c9ccccc9)c8)c7)c6c54)n3)cc21. The number of fused-ring (bicyclic) bond motifs is 10. The molecule has 0 saturated heterocycles. The van der Waals surface area contributed by atoms with Crippen molar-refractivity contribution in [3.8, 4) is 67.8 Å². The topological polar surface area (TPSA) is 48.5 Å². The molecule has 0 radical (unpaired) electrons. The van der Waals surface area contributed by atoms with Crippen molar-refractivity contribution >= 4 is 43.6 Å². The summed E-state index contributed by atoms with van der Waals surface area (Å²) in [6.45, 7) is 4.63. The van der Waals surface area contributed by atoms with Gasteiger partial charge in [0.25, 0.3) is 0 Å². The molecule has 0 N–H and O–H groups in total. The first-order valence-corrected chi connectivity index (χ1v) is 22.3. The lowest BCUT2D eigenvalue weighted by Crippen LogP contribution is -2.15. The largest absolute Gasteiger partial charge is 0.307 e. The Hall–Kier alpha value is -8.41. The molecule has 9 aromatic carbocycles. The zero-order valence-electron chi connectivity index (χ0n) is 35.9. The first kappa shape index (κ1) is 37.2. The number of benzene rings is 9. The Kier molecular flexibility index (Phi) is 8.18. The minimum absolute atomic E-state index is 0.173. The minimum Gasteiger partial charge on any atom is -0.307 e. The van der Waals surface area contributed by atoms with Crippen LogP contribution in [0.1, 0.15) is 25.0 Å². The molecule has 1 aliphatic rings. The fourth-order valence-electron chi connectivity index (χ4n) is 10.5. The average molecular weight is 832 g/mol. The Morgan fingerprint density at radius 1 is 0.338 bits per heavy atom. The van der Waals surface area contributed by atoms with E-state index in [1.54, 1.807) is 0 Å². The number of hydrogen-bond donors (Lipinski definition) is 0. The molecule has 5 nitrogen and oxygen atoms in total. The summed E-state index contributed by atoms with van der Waals surface area (Å²) in [6, 6.07) is 76.1. The van der Waals surface area contributed by atoms with Crippen molar-refractivity contribution in [2.24, 2.45) is 0 Å². The molecule has 0 amide bonds. The maximum absolute atomic E-state index is 5.48. The van der Waals surface area contributed by atoms with Crippen LogP contribution in [0.5, 0.6) is 0 Å². The van der Waals surface area contributed by atoms with Crippen molar-refractivity contribution in [2.45, 2.75) is 19.3 Å². The van der Waals surface area contributed by atoms with Crippen molar-refractivity contribution in [1.29, 1.82) is 0 Å². The van der Waals surface area contributed by atoms with Crippen molar-refractivity contribution in [1.82, 2.24) is 24.1 Å². The summed E-state index contributed by atoms with van der Waals surface area (Å²) < 4.78 is 4.72. The molecule has 0 spiro atoms. The molecule has 0 atom stereocenters. The third-order valence-electron chi connectivity index (χ3n) is 13.6. The van der Waals surface area contributed by atoms with E-state index in [0.717, 1.165) is 60.6 Å². The van der Waals surface area contributed by atoms with Gasteiger partial charge in [-0.15, -0.1) is 0 Å². The van der Waals surface area contributed by atoms with E-state index in [1.165, 1.54) is 44.3 Å². The molecule has 13 rings (SSSR count). The normalized spacial score (nSPS) is 12.9. The van der Waals surface area contributed by atoms with Gasteiger partial charge >= 0.3 is 0 Å². The molecule has 3 heterocycles. The standard InChI is InChI=1S/C60H41N5/c1-60(2)51-28-12-9-25-45(51)46-32-31-43(37-52(46)60)58-61-57(39-19-7-4-8-20-39)62-59(63-58)65-54-30-14-11-27-48(54)50-34-33-49-47-26-10-13-29-53(47)64(55(49)56(50)65)44-24-16-23-42(36-44)41-22-15-21-40(35-41)38-17-5-3-6-18-38/h3-37H,1-2H3. The lowest BCUT2D eigenvalue weighted by molar-refractivity contribution is 0.660. The second-order valence-corrected chi connectivity index (χ2v) is 17.6. The zero-order chi connectivity index (χ0) is 43.2. The molecule has 0 bridgehead atoms. The number of para-hydroxylation sites is 2. The summed E-state index contributed by atoms with van der Waals surface area (Å²) in [5, 5.41) is 4.60. The monoisotopic (exact) mass is 831 g/mol. The Morgan fingerprint density at radius 2 is 0.862 bits per heavy atom. The highest BCUT2D eigenvalue weighted by atomic mass is 15.2. The second kappa shape index (κ2) is 14.3. The third kappa shape index (κ3) is 5.75. The third-order valence-corrected chi connectivity index (χ3v) is 13.6. The molecule has 0 saturated carbocycles.